The van der Waals surface area contributed by atoms with Gasteiger partial charge in [0.1, 0.15) is 5.75 Å². The van der Waals surface area contributed by atoms with E-state index in [4.69, 9.17) is 17.0 Å². The van der Waals surface area contributed by atoms with Gasteiger partial charge in [-0.15, -0.1) is 0 Å². The number of benzene rings is 2. The second-order valence-electron chi connectivity index (χ2n) is 5.54. The summed E-state index contributed by atoms with van der Waals surface area (Å²) in [6, 6.07) is 12.0. The molecule has 2 rings (SSSR count). The molecule has 0 fully saturated rings. The fourth-order valence-corrected chi connectivity index (χ4v) is 2.83. The highest BCUT2D eigenvalue weighted by Crippen LogP contribution is 2.26. The quantitative estimate of drug-likeness (QED) is 0.514. The number of thiocarbonyl (C=S) groups is 1. The van der Waals surface area contributed by atoms with Crippen molar-refractivity contribution in [3.8, 4) is 5.75 Å². The van der Waals surface area contributed by atoms with Crippen LogP contribution in [0.3, 0.4) is 0 Å². The van der Waals surface area contributed by atoms with Gasteiger partial charge in [-0.05, 0) is 71.8 Å². The number of Topliss-reactive ketones (excluding diaryl/α,β-unsaturated/α-hetero) is 1. The number of hydrogen-bond donors (Lipinski definition) is 2. The first-order valence-corrected chi connectivity index (χ1v) is 9.26. The lowest BCUT2D eigenvalue weighted by atomic mass is 10.1. The zero-order chi connectivity index (χ0) is 19.1. The van der Waals surface area contributed by atoms with Crippen molar-refractivity contribution in [1.29, 1.82) is 0 Å². The lowest BCUT2D eigenvalue weighted by molar-refractivity contribution is 0.0975. The van der Waals surface area contributed by atoms with Crippen LogP contribution in [0, 0.1) is 0 Å². The van der Waals surface area contributed by atoms with E-state index in [0.717, 1.165) is 6.42 Å². The molecule has 0 saturated carbocycles. The van der Waals surface area contributed by atoms with Gasteiger partial charge in [0.15, 0.2) is 10.9 Å². The van der Waals surface area contributed by atoms with Gasteiger partial charge in [-0.25, -0.2) is 0 Å². The molecule has 2 aromatic rings. The van der Waals surface area contributed by atoms with Gasteiger partial charge in [0, 0.05) is 16.8 Å². The Kier molecular flexibility index (Phi) is 7.29. The van der Waals surface area contributed by atoms with E-state index in [1.165, 1.54) is 6.92 Å². The fraction of sp³-hybridized carbons (Fsp3) is 0.211. The first-order chi connectivity index (χ1) is 12.4. The minimum atomic E-state index is -0.340. The normalized spacial score (nSPS) is 10.1. The van der Waals surface area contributed by atoms with Crippen molar-refractivity contribution < 1.29 is 14.3 Å². The van der Waals surface area contributed by atoms with Crippen molar-refractivity contribution >= 4 is 50.6 Å². The van der Waals surface area contributed by atoms with Crippen molar-refractivity contribution in [2.24, 2.45) is 0 Å². The number of hydrogen-bond acceptors (Lipinski definition) is 4. The summed E-state index contributed by atoms with van der Waals surface area (Å²) in [5, 5.41) is 5.67. The van der Waals surface area contributed by atoms with Crippen molar-refractivity contribution in [2.45, 2.75) is 20.3 Å². The number of nitrogens with one attached hydrogen (secondary N) is 2. The number of ketones is 1. The number of anilines is 1. The molecule has 1 amide bonds. The summed E-state index contributed by atoms with van der Waals surface area (Å²) >= 11 is 8.57. The molecule has 0 atom stereocenters. The van der Waals surface area contributed by atoms with Gasteiger partial charge in [-0.2, -0.15) is 0 Å². The fourth-order valence-electron chi connectivity index (χ4n) is 2.12. The standard InChI is InChI=1S/C19H19BrN2O3S/c1-3-9-25-17-8-7-14(11-16(17)20)18(24)22-19(26)21-15-6-4-5-13(10-15)12(2)23/h4-8,10-11H,3,9H2,1-2H3,(H2,21,22,24,26). The Labute approximate surface area is 166 Å². The Bertz CT molecular complexity index is 839. The van der Waals surface area contributed by atoms with E-state index >= 15 is 0 Å². The number of carbonyl (C=O) groups excluding carboxylic acids is 2. The monoisotopic (exact) mass is 434 g/mol. The van der Waals surface area contributed by atoms with Crippen LogP contribution in [0.5, 0.6) is 5.75 Å². The largest absolute Gasteiger partial charge is 0.492 e. The zero-order valence-corrected chi connectivity index (χ0v) is 16.9. The molecule has 0 spiro atoms. The van der Waals surface area contributed by atoms with E-state index in [1.54, 1.807) is 42.5 Å². The molecule has 0 aliphatic heterocycles. The molecule has 0 bridgehead atoms. The van der Waals surface area contributed by atoms with Gasteiger partial charge in [-0.1, -0.05) is 19.1 Å². The van der Waals surface area contributed by atoms with Crippen LogP contribution in [-0.4, -0.2) is 23.4 Å². The molecule has 136 valence electrons. The number of ether oxygens (including phenoxy) is 1. The smallest absolute Gasteiger partial charge is 0.257 e. The lowest BCUT2D eigenvalue weighted by Gasteiger charge is -2.11. The van der Waals surface area contributed by atoms with Crippen molar-refractivity contribution in [2.75, 3.05) is 11.9 Å². The van der Waals surface area contributed by atoms with Crippen LogP contribution in [0.15, 0.2) is 46.9 Å². The van der Waals surface area contributed by atoms with E-state index in [0.29, 0.717) is 33.6 Å². The number of carbonyl (C=O) groups is 2. The van der Waals surface area contributed by atoms with Crippen LogP contribution in [-0.2, 0) is 0 Å². The SMILES string of the molecule is CCCOc1ccc(C(=O)NC(=S)Nc2cccc(C(C)=O)c2)cc1Br. The number of amides is 1. The Morgan fingerprint density at radius 2 is 1.92 bits per heavy atom. The Morgan fingerprint density at radius 1 is 1.15 bits per heavy atom. The van der Waals surface area contributed by atoms with Gasteiger partial charge in [-0.3, -0.25) is 14.9 Å². The first kappa shape index (κ1) is 20.1. The summed E-state index contributed by atoms with van der Waals surface area (Å²) < 4.78 is 6.27. The van der Waals surface area contributed by atoms with Crippen LogP contribution in [0.4, 0.5) is 5.69 Å². The molecule has 0 saturated heterocycles. The summed E-state index contributed by atoms with van der Waals surface area (Å²) in [6.45, 7) is 4.12. The predicted molar refractivity (Wildman–Crippen MR) is 110 cm³/mol. The molecular weight excluding hydrogens is 416 g/mol. The average molecular weight is 435 g/mol. The van der Waals surface area contributed by atoms with E-state index in [-0.39, 0.29) is 16.8 Å². The van der Waals surface area contributed by atoms with Crippen LogP contribution in [0.1, 0.15) is 41.0 Å². The highest BCUT2D eigenvalue weighted by Gasteiger charge is 2.11. The minimum absolute atomic E-state index is 0.0427. The van der Waals surface area contributed by atoms with E-state index in [1.807, 2.05) is 6.92 Å². The van der Waals surface area contributed by atoms with Crippen molar-refractivity contribution in [3.63, 3.8) is 0 Å². The van der Waals surface area contributed by atoms with Gasteiger partial charge in [0.05, 0.1) is 11.1 Å². The summed E-state index contributed by atoms with van der Waals surface area (Å²) in [4.78, 5) is 23.8. The van der Waals surface area contributed by atoms with Crippen LogP contribution >= 0.6 is 28.1 Å². The Balaban J connectivity index is 2.00. The highest BCUT2D eigenvalue weighted by molar-refractivity contribution is 9.10. The van der Waals surface area contributed by atoms with Gasteiger partial charge >= 0.3 is 0 Å². The van der Waals surface area contributed by atoms with Gasteiger partial charge in [0.2, 0.25) is 0 Å². The maximum atomic E-state index is 12.3. The third-order valence-corrected chi connectivity index (χ3v) is 4.23. The molecule has 0 heterocycles. The topological polar surface area (TPSA) is 67.4 Å². The van der Waals surface area contributed by atoms with Crippen molar-refractivity contribution in [3.05, 3.63) is 58.1 Å². The summed E-state index contributed by atoms with van der Waals surface area (Å²) in [5.74, 6) is 0.303. The van der Waals surface area contributed by atoms with Crippen LogP contribution < -0.4 is 15.4 Å². The molecule has 26 heavy (non-hydrogen) atoms. The summed E-state index contributed by atoms with van der Waals surface area (Å²) in [5.41, 5.74) is 1.64. The maximum absolute atomic E-state index is 12.3. The van der Waals surface area contributed by atoms with Crippen molar-refractivity contribution in [1.82, 2.24) is 5.32 Å². The number of rotatable bonds is 6. The molecular formula is C19H19BrN2O3S. The van der Waals surface area contributed by atoms with Gasteiger partial charge < -0.3 is 10.1 Å². The third-order valence-electron chi connectivity index (χ3n) is 3.41. The minimum Gasteiger partial charge on any atom is -0.492 e. The molecule has 0 aromatic heterocycles. The van der Waals surface area contributed by atoms with Gasteiger partial charge in [0.25, 0.3) is 5.91 Å². The van der Waals surface area contributed by atoms with E-state index < -0.39 is 0 Å². The number of halogens is 1. The molecule has 7 heteroatoms. The molecule has 0 radical (unpaired) electrons. The molecule has 0 aliphatic rings. The van der Waals surface area contributed by atoms with Crippen LogP contribution in [0.25, 0.3) is 0 Å². The molecule has 2 aromatic carbocycles. The second kappa shape index (κ2) is 9.45. The molecule has 5 nitrogen and oxygen atoms in total. The van der Waals surface area contributed by atoms with E-state index in [9.17, 15) is 9.59 Å². The molecule has 0 unspecified atom stereocenters. The van der Waals surface area contributed by atoms with E-state index in [2.05, 4.69) is 26.6 Å². The zero-order valence-electron chi connectivity index (χ0n) is 14.5. The third kappa shape index (κ3) is 5.64. The second-order valence-corrected chi connectivity index (χ2v) is 6.80. The van der Waals surface area contributed by atoms with Crippen LogP contribution in [0.2, 0.25) is 0 Å². The predicted octanol–water partition coefficient (Wildman–Crippen LogP) is 4.57. The highest BCUT2D eigenvalue weighted by atomic mass is 79.9. The Hall–Kier alpha value is -2.25. The maximum Gasteiger partial charge on any atom is 0.257 e. The average Bonchev–Trinajstić information content (AvgIpc) is 2.60. The summed E-state index contributed by atoms with van der Waals surface area (Å²) in [6.07, 6.45) is 0.902. The first-order valence-electron chi connectivity index (χ1n) is 8.06. The molecule has 0 aliphatic carbocycles. The summed E-state index contributed by atoms with van der Waals surface area (Å²) in [7, 11) is 0. The molecule has 2 N–H and O–H groups in total. The Morgan fingerprint density at radius 3 is 2.58 bits per heavy atom. The lowest BCUT2D eigenvalue weighted by Crippen LogP contribution is -2.34.